The molecule has 1 fully saturated rings. The second kappa shape index (κ2) is 5.95. The number of Topliss-reactive ketones (excluding diaryl/α,β-unsaturated/α-hetero) is 1. The number of benzene rings is 1. The first-order valence-electron chi connectivity index (χ1n) is 6.76. The van der Waals surface area contributed by atoms with Crippen LogP contribution in [0.5, 0.6) is 0 Å². The number of ketones is 1. The molecule has 0 amide bonds. The van der Waals surface area contributed by atoms with Crippen LogP contribution in [0.3, 0.4) is 0 Å². The quantitative estimate of drug-likeness (QED) is 0.744. The van der Waals surface area contributed by atoms with Gasteiger partial charge >= 0.3 is 6.18 Å². The molecule has 1 aromatic rings. The average molecular weight is 285 g/mol. The molecule has 0 heterocycles. The third-order valence-electron chi connectivity index (χ3n) is 3.52. The maximum atomic E-state index is 12.5. The van der Waals surface area contributed by atoms with Gasteiger partial charge in [-0.05, 0) is 25.3 Å². The van der Waals surface area contributed by atoms with Crippen LogP contribution < -0.4 is 0 Å². The van der Waals surface area contributed by atoms with Gasteiger partial charge in [0.1, 0.15) is 0 Å². The van der Waals surface area contributed by atoms with Gasteiger partial charge in [0.05, 0.1) is 6.54 Å². The molecule has 0 spiro atoms. The van der Waals surface area contributed by atoms with E-state index < -0.39 is 12.7 Å². The van der Waals surface area contributed by atoms with E-state index in [1.54, 1.807) is 12.1 Å². The molecule has 1 aliphatic carbocycles. The Morgan fingerprint density at radius 2 is 1.95 bits per heavy atom. The van der Waals surface area contributed by atoms with E-state index in [9.17, 15) is 18.0 Å². The van der Waals surface area contributed by atoms with Gasteiger partial charge in [-0.3, -0.25) is 9.69 Å². The third kappa shape index (κ3) is 4.34. The number of hydrogen-bond acceptors (Lipinski definition) is 2. The molecule has 110 valence electrons. The van der Waals surface area contributed by atoms with Crippen molar-refractivity contribution in [2.24, 2.45) is 0 Å². The van der Waals surface area contributed by atoms with Crippen LogP contribution in [-0.2, 0) is 0 Å². The van der Waals surface area contributed by atoms with Crippen LogP contribution in [0.1, 0.15) is 35.2 Å². The predicted octanol–water partition coefficient (Wildman–Crippen LogP) is 3.59. The zero-order valence-electron chi connectivity index (χ0n) is 11.4. The fourth-order valence-electron chi connectivity index (χ4n) is 2.33. The van der Waals surface area contributed by atoms with Crippen molar-refractivity contribution >= 4 is 5.78 Å². The second-order valence-corrected chi connectivity index (χ2v) is 5.30. The number of rotatable bonds is 6. The second-order valence-electron chi connectivity index (χ2n) is 5.30. The Hall–Kier alpha value is -1.36. The number of nitrogens with zero attached hydrogens (tertiary/aromatic N) is 1. The molecule has 20 heavy (non-hydrogen) atoms. The van der Waals surface area contributed by atoms with Crippen LogP contribution in [0.15, 0.2) is 24.3 Å². The molecule has 0 radical (unpaired) electrons. The molecule has 0 aliphatic heterocycles. The van der Waals surface area contributed by atoms with E-state index in [1.165, 1.54) is 4.90 Å². The van der Waals surface area contributed by atoms with Gasteiger partial charge in [0, 0.05) is 24.6 Å². The van der Waals surface area contributed by atoms with Gasteiger partial charge < -0.3 is 0 Å². The largest absolute Gasteiger partial charge is 0.401 e. The predicted molar refractivity (Wildman–Crippen MR) is 70.8 cm³/mol. The third-order valence-corrected chi connectivity index (χ3v) is 3.52. The summed E-state index contributed by atoms with van der Waals surface area (Å²) in [4.78, 5) is 13.5. The highest BCUT2D eigenvalue weighted by molar-refractivity contribution is 5.97. The van der Waals surface area contributed by atoms with Crippen molar-refractivity contribution in [2.45, 2.75) is 38.4 Å². The van der Waals surface area contributed by atoms with Crippen molar-refractivity contribution in [3.05, 3.63) is 35.4 Å². The zero-order chi connectivity index (χ0) is 14.8. The number of halogens is 3. The van der Waals surface area contributed by atoms with Crippen LogP contribution in [-0.4, -0.2) is 36.0 Å². The summed E-state index contributed by atoms with van der Waals surface area (Å²) in [7, 11) is 0. The van der Waals surface area contributed by atoms with E-state index in [0.29, 0.717) is 5.56 Å². The Morgan fingerprint density at radius 3 is 2.50 bits per heavy atom. The molecule has 2 rings (SSSR count). The lowest BCUT2D eigenvalue weighted by Gasteiger charge is -2.23. The lowest BCUT2D eigenvalue weighted by Crippen LogP contribution is -2.37. The number of carbonyl (C=O) groups is 1. The summed E-state index contributed by atoms with van der Waals surface area (Å²) < 4.78 is 37.4. The molecule has 1 aromatic carbocycles. The standard InChI is InChI=1S/C15H18F3NO/c1-11-4-2-3-5-13(11)14(20)8-9-19(12-6-7-12)10-15(16,17)18/h2-5,12H,6-10H2,1H3. The van der Waals surface area contributed by atoms with E-state index in [1.807, 2.05) is 19.1 Å². The maximum absolute atomic E-state index is 12.5. The van der Waals surface area contributed by atoms with Gasteiger partial charge in [-0.2, -0.15) is 13.2 Å². The minimum Gasteiger partial charge on any atom is -0.294 e. The maximum Gasteiger partial charge on any atom is 0.401 e. The summed E-state index contributed by atoms with van der Waals surface area (Å²) in [6.07, 6.45) is -2.46. The van der Waals surface area contributed by atoms with Crippen molar-refractivity contribution in [2.75, 3.05) is 13.1 Å². The lowest BCUT2D eigenvalue weighted by molar-refractivity contribution is -0.147. The molecule has 5 heteroatoms. The van der Waals surface area contributed by atoms with Crippen LogP contribution in [0.4, 0.5) is 13.2 Å². The summed E-state index contributed by atoms with van der Waals surface area (Å²) in [5.41, 5.74) is 1.47. The van der Waals surface area contributed by atoms with E-state index in [0.717, 1.165) is 18.4 Å². The molecule has 0 saturated heterocycles. The Labute approximate surface area is 116 Å². The summed E-state index contributed by atoms with van der Waals surface area (Å²) in [5, 5.41) is 0. The monoisotopic (exact) mass is 285 g/mol. The molecular weight excluding hydrogens is 267 g/mol. The molecule has 0 atom stereocenters. The minimum absolute atomic E-state index is 0.00120. The number of aryl methyl sites for hydroxylation is 1. The average Bonchev–Trinajstić information content (AvgIpc) is 3.17. The SMILES string of the molecule is Cc1ccccc1C(=O)CCN(CC(F)(F)F)C1CC1. The Kier molecular flexibility index (Phi) is 4.48. The van der Waals surface area contributed by atoms with Gasteiger partial charge in [-0.15, -0.1) is 0 Å². The van der Waals surface area contributed by atoms with Crippen LogP contribution in [0.2, 0.25) is 0 Å². The highest BCUT2D eigenvalue weighted by atomic mass is 19.4. The molecular formula is C15H18F3NO. The highest BCUT2D eigenvalue weighted by Crippen LogP contribution is 2.30. The molecule has 1 aliphatic rings. The first-order chi connectivity index (χ1) is 9.37. The molecule has 0 bridgehead atoms. The molecule has 0 N–H and O–H groups in total. The molecule has 0 aromatic heterocycles. The van der Waals surface area contributed by atoms with E-state index >= 15 is 0 Å². The summed E-state index contributed by atoms with van der Waals surface area (Å²) in [6.45, 7) is 1.09. The summed E-state index contributed by atoms with van der Waals surface area (Å²) in [6, 6.07) is 7.17. The minimum atomic E-state index is -4.20. The normalized spacial score (nSPS) is 15.7. The van der Waals surface area contributed by atoms with E-state index in [-0.39, 0.29) is 24.8 Å². The van der Waals surface area contributed by atoms with E-state index in [2.05, 4.69) is 0 Å². The number of hydrogen-bond donors (Lipinski definition) is 0. The summed E-state index contributed by atoms with van der Waals surface area (Å²) in [5.74, 6) is -0.0871. The fraction of sp³-hybridized carbons (Fsp3) is 0.533. The van der Waals surface area contributed by atoms with Crippen LogP contribution in [0, 0.1) is 6.92 Å². The van der Waals surface area contributed by atoms with Gasteiger partial charge in [-0.1, -0.05) is 24.3 Å². The van der Waals surface area contributed by atoms with Crippen LogP contribution in [0.25, 0.3) is 0 Å². The van der Waals surface area contributed by atoms with Crippen molar-refractivity contribution in [3.8, 4) is 0 Å². The smallest absolute Gasteiger partial charge is 0.294 e. The first-order valence-corrected chi connectivity index (χ1v) is 6.76. The fourth-order valence-corrected chi connectivity index (χ4v) is 2.33. The van der Waals surface area contributed by atoms with Crippen LogP contribution >= 0.6 is 0 Å². The van der Waals surface area contributed by atoms with E-state index in [4.69, 9.17) is 0 Å². The topological polar surface area (TPSA) is 20.3 Å². The van der Waals surface area contributed by atoms with Gasteiger partial charge in [0.15, 0.2) is 5.78 Å². The van der Waals surface area contributed by atoms with Gasteiger partial charge in [0.25, 0.3) is 0 Å². The van der Waals surface area contributed by atoms with Gasteiger partial charge in [0.2, 0.25) is 0 Å². The molecule has 0 unspecified atom stereocenters. The Balaban J connectivity index is 1.92. The van der Waals surface area contributed by atoms with Gasteiger partial charge in [-0.25, -0.2) is 0 Å². The zero-order valence-corrected chi connectivity index (χ0v) is 11.4. The summed E-state index contributed by atoms with van der Waals surface area (Å²) >= 11 is 0. The first kappa shape index (κ1) is 15.0. The van der Waals surface area contributed by atoms with Crippen molar-refractivity contribution in [1.29, 1.82) is 0 Å². The highest BCUT2D eigenvalue weighted by Gasteiger charge is 2.37. The Bertz CT molecular complexity index is 480. The molecule has 1 saturated carbocycles. The van der Waals surface area contributed by atoms with Crippen molar-refractivity contribution in [3.63, 3.8) is 0 Å². The van der Waals surface area contributed by atoms with Crippen molar-refractivity contribution in [1.82, 2.24) is 4.90 Å². The number of alkyl halides is 3. The Morgan fingerprint density at radius 1 is 1.30 bits per heavy atom. The molecule has 2 nitrogen and oxygen atoms in total. The van der Waals surface area contributed by atoms with Crippen molar-refractivity contribution < 1.29 is 18.0 Å². The number of carbonyl (C=O) groups excluding carboxylic acids is 1. The lowest BCUT2D eigenvalue weighted by atomic mass is 10.0.